The lowest BCUT2D eigenvalue weighted by Crippen LogP contribution is -2.53. The van der Waals surface area contributed by atoms with E-state index in [0.717, 1.165) is 13.1 Å². The van der Waals surface area contributed by atoms with Crippen molar-refractivity contribution in [2.45, 2.75) is 45.8 Å². The molecule has 4 nitrogen and oxygen atoms in total. The van der Waals surface area contributed by atoms with E-state index in [1.807, 2.05) is 20.8 Å². The second kappa shape index (κ2) is 4.00. The van der Waals surface area contributed by atoms with Gasteiger partial charge in [-0.15, -0.1) is 0 Å². The zero-order valence-electron chi connectivity index (χ0n) is 10.5. The average molecular weight is 213 g/mol. The lowest BCUT2D eigenvalue weighted by Gasteiger charge is -2.39. The van der Waals surface area contributed by atoms with Gasteiger partial charge in [-0.05, 0) is 34.6 Å². The van der Waals surface area contributed by atoms with Gasteiger partial charge in [-0.2, -0.15) is 0 Å². The van der Waals surface area contributed by atoms with Crippen LogP contribution in [0.5, 0.6) is 0 Å². The van der Waals surface area contributed by atoms with E-state index in [0.29, 0.717) is 12.6 Å². The molecule has 15 heavy (non-hydrogen) atoms. The summed E-state index contributed by atoms with van der Waals surface area (Å²) >= 11 is 0. The van der Waals surface area contributed by atoms with Crippen molar-refractivity contribution in [1.82, 2.24) is 4.90 Å². The second-order valence-corrected chi connectivity index (χ2v) is 5.67. The molecular weight excluding hydrogens is 190 g/mol. The van der Waals surface area contributed by atoms with Crippen molar-refractivity contribution in [2.24, 2.45) is 10.7 Å². The molecule has 0 aromatic heterocycles. The maximum absolute atomic E-state index is 5.98. The van der Waals surface area contributed by atoms with Crippen LogP contribution in [0.1, 0.15) is 34.6 Å². The molecule has 4 heteroatoms. The Labute approximate surface area is 92.5 Å². The first-order chi connectivity index (χ1) is 6.70. The van der Waals surface area contributed by atoms with Crippen LogP contribution in [0, 0.1) is 0 Å². The van der Waals surface area contributed by atoms with Gasteiger partial charge in [0.1, 0.15) is 0 Å². The Bertz CT molecular complexity index is 253. The molecule has 0 saturated carbocycles. The van der Waals surface area contributed by atoms with Crippen molar-refractivity contribution in [3.63, 3.8) is 0 Å². The number of nitrogens with zero attached hydrogens (tertiary/aromatic N) is 2. The molecule has 0 unspecified atom stereocenters. The molecule has 0 amide bonds. The van der Waals surface area contributed by atoms with Crippen LogP contribution in [-0.4, -0.2) is 41.7 Å². The molecule has 0 radical (unpaired) electrons. The summed E-state index contributed by atoms with van der Waals surface area (Å²) in [7, 11) is 0. The summed E-state index contributed by atoms with van der Waals surface area (Å²) in [6.45, 7) is 12.6. The molecule has 0 bridgehead atoms. The number of hydrogen-bond donors (Lipinski definition) is 1. The first kappa shape index (κ1) is 12.3. The molecule has 0 aromatic rings. The van der Waals surface area contributed by atoms with E-state index in [1.54, 1.807) is 0 Å². The molecule has 0 atom stereocenters. The SMILES string of the molecule is CC(C)(C)N=C(N)N1CCOC(C)(C)C1. The van der Waals surface area contributed by atoms with Crippen molar-refractivity contribution in [1.29, 1.82) is 0 Å². The maximum atomic E-state index is 5.98. The van der Waals surface area contributed by atoms with Gasteiger partial charge in [-0.25, -0.2) is 4.99 Å². The molecule has 0 spiro atoms. The van der Waals surface area contributed by atoms with Gasteiger partial charge in [0.25, 0.3) is 0 Å². The summed E-state index contributed by atoms with van der Waals surface area (Å²) in [5.74, 6) is 0.624. The van der Waals surface area contributed by atoms with Gasteiger partial charge in [0.2, 0.25) is 0 Å². The minimum absolute atomic E-state index is 0.119. The molecule has 0 aromatic carbocycles. The number of hydrogen-bond acceptors (Lipinski definition) is 2. The van der Waals surface area contributed by atoms with Gasteiger partial charge in [0.05, 0.1) is 17.7 Å². The fourth-order valence-electron chi connectivity index (χ4n) is 1.63. The highest BCUT2D eigenvalue weighted by Crippen LogP contribution is 2.17. The van der Waals surface area contributed by atoms with Crippen LogP contribution >= 0.6 is 0 Å². The van der Waals surface area contributed by atoms with Crippen LogP contribution in [0.15, 0.2) is 4.99 Å². The molecule has 0 aliphatic carbocycles. The smallest absolute Gasteiger partial charge is 0.191 e. The molecule has 1 heterocycles. The fourth-order valence-corrected chi connectivity index (χ4v) is 1.63. The second-order valence-electron chi connectivity index (χ2n) is 5.67. The van der Waals surface area contributed by atoms with Gasteiger partial charge in [0.15, 0.2) is 5.96 Å². The van der Waals surface area contributed by atoms with Gasteiger partial charge < -0.3 is 15.4 Å². The zero-order chi connectivity index (χ0) is 11.7. The minimum atomic E-state index is -0.129. The highest BCUT2D eigenvalue weighted by atomic mass is 16.5. The zero-order valence-corrected chi connectivity index (χ0v) is 10.5. The summed E-state index contributed by atoms with van der Waals surface area (Å²) in [4.78, 5) is 6.56. The molecule has 1 saturated heterocycles. The first-order valence-electron chi connectivity index (χ1n) is 5.44. The molecule has 1 fully saturated rings. The Morgan fingerprint density at radius 1 is 1.40 bits per heavy atom. The molecule has 88 valence electrons. The van der Waals surface area contributed by atoms with Gasteiger partial charge in [-0.1, -0.05) is 0 Å². The summed E-state index contributed by atoms with van der Waals surface area (Å²) in [6.07, 6.45) is 0. The Hall–Kier alpha value is -0.770. The highest BCUT2D eigenvalue weighted by molar-refractivity contribution is 5.78. The van der Waals surface area contributed by atoms with Crippen LogP contribution in [0.25, 0.3) is 0 Å². The lowest BCUT2D eigenvalue weighted by atomic mass is 10.1. The standard InChI is InChI=1S/C11H23N3O/c1-10(2,3)13-9(12)14-6-7-15-11(4,5)8-14/h6-8H2,1-5H3,(H2,12,13). The topological polar surface area (TPSA) is 50.8 Å². The van der Waals surface area contributed by atoms with Crippen LogP contribution in [0.2, 0.25) is 0 Å². The van der Waals surface area contributed by atoms with Gasteiger partial charge in [0, 0.05) is 13.1 Å². The van der Waals surface area contributed by atoms with Gasteiger partial charge >= 0.3 is 0 Å². The third-order valence-electron chi connectivity index (χ3n) is 2.20. The first-order valence-corrected chi connectivity index (χ1v) is 5.44. The highest BCUT2D eigenvalue weighted by Gasteiger charge is 2.28. The van der Waals surface area contributed by atoms with Crippen LogP contribution < -0.4 is 5.73 Å². The van der Waals surface area contributed by atoms with Gasteiger partial charge in [-0.3, -0.25) is 0 Å². The maximum Gasteiger partial charge on any atom is 0.191 e. The summed E-state index contributed by atoms with van der Waals surface area (Å²) in [6, 6.07) is 0. The van der Waals surface area contributed by atoms with Crippen molar-refractivity contribution in [3.05, 3.63) is 0 Å². The third kappa shape index (κ3) is 4.08. The molecule has 2 N–H and O–H groups in total. The molecular formula is C11H23N3O. The largest absolute Gasteiger partial charge is 0.372 e. The number of aliphatic imine (C=N–C) groups is 1. The molecule has 1 aliphatic rings. The normalized spacial score (nSPS) is 23.0. The number of morpholine rings is 1. The average Bonchev–Trinajstić information content (AvgIpc) is 1.99. The monoisotopic (exact) mass is 213 g/mol. The molecule has 1 aliphatic heterocycles. The van der Waals surface area contributed by atoms with E-state index in [9.17, 15) is 0 Å². The molecule has 1 rings (SSSR count). The van der Waals surface area contributed by atoms with E-state index in [1.165, 1.54) is 0 Å². The van der Waals surface area contributed by atoms with Crippen LogP contribution in [-0.2, 0) is 4.74 Å². The minimum Gasteiger partial charge on any atom is -0.372 e. The predicted molar refractivity (Wildman–Crippen MR) is 63.0 cm³/mol. The van der Waals surface area contributed by atoms with E-state index in [2.05, 4.69) is 23.7 Å². The number of nitrogens with two attached hydrogens (primary N) is 1. The van der Waals surface area contributed by atoms with Crippen molar-refractivity contribution in [2.75, 3.05) is 19.7 Å². The van der Waals surface area contributed by atoms with Crippen molar-refractivity contribution < 1.29 is 4.74 Å². The number of rotatable bonds is 0. The van der Waals surface area contributed by atoms with Crippen molar-refractivity contribution in [3.8, 4) is 0 Å². The quantitative estimate of drug-likeness (QED) is 0.486. The number of ether oxygens (including phenoxy) is 1. The van der Waals surface area contributed by atoms with Crippen molar-refractivity contribution >= 4 is 5.96 Å². The lowest BCUT2D eigenvalue weighted by molar-refractivity contribution is -0.0681. The van der Waals surface area contributed by atoms with Crippen LogP contribution in [0.4, 0.5) is 0 Å². The predicted octanol–water partition coefficient (Wildman–Crippen LogP) is 1.21. The van der Waals surface area contributed by atoms with E-state index < -0.39 is 0 Å². The van der Waals surface area contributed by atoms with E-state index in [4.69, 9.17) is 10.5 Å². The third-order valence-corrected chi connectivity index (χ3v) is 2.20. The Morgan fingerprint density at radius 2 is 2.00 bits per heavy atom. The number of guanidine groups is 1. The van der Waals surface area contributed by atoms with E-state index >= 15 is 0 Å². The fraction of sp³-hybridized carbons (Fsp3) is 0.909. The Morgan fingerprint density at radius 3 is 2.47 bits per heavy atom. The summed E-state index contributed by atoms with van der Waals surface area (Å²) in [5, 5.41) is 0. The summed E-state index contributed by atoms with van der Waals surface area (Å²) in [5.41, 5.74) is 5.73. The Balaban J connectivity index is 2.68. The Kier molecular flexibility index (Phi) is 3.28. The van der Waals surface area contributed by atoms with Crippen LogP contribution in [0.3, 0.4) is 0 Å². The van der Waals surface area contributed by atoms with E-state index in [-0.39, 0.29) is 11.1 Å². The summed E-state index contributed by atoms with van der Waals surface area (Å²) < 4.78 is 5.62.